The summed E-state index contributed by atoms with van der Waals surface area (Å²) < 4.78 is 0. The van der Waals surface area contributed by atoms with Gasteiger partial charge in [0.05, 0.1) is 5.01 Å². The van der Waals surface area contributed by atoms with Crippen molar-refractivity contribution in [1.29, 1.82) is 0 Å². The third-order valence-corrected chi connectivity index (χ3v) is 5.16. The molecule has 0 saturated carbocycles. The highest BCUT2D eigenvalue weighted by Crippen LogP contribution is 2.15. The third-order valence-electron chi connectivity index (χ3n) is 4.25. The Hall–Kier alpha value is -1.76. The van der Waals surface area contributed by atoms with Crippen molar-refractivity contribution in [2.75, 3.05) is 32.7 Å². The number of hydrogen-bond donors (Lipinski definition) is 1. The molecule has 1 aliphatic heterocycles. The van der Waals surface area contributed by atoms with Crippen LogP contribution in [0.1, 0.15) is 27.5 Å². The molecule has 1 fully saturated rings. The molecule has 3 rings (SSSR count). The van der Waals surface area contributed by atoms with Gasteiger partial charge in [0, 0.05) is 44.5 Å². The van der Waals surface area contributed by atoms with Crippen LogP contribution < -0.4 is 5.73 Å². The Morgan fingerprint density at radius 2 is 2.00 bits per heavy atom. The van der Waals surface area contributed by atoms with Gasteiger partial charge in [-0.05, 0) is 18.5 Å². The van der Waals surface area contributed by atoms with Crippen molar-refractivity contribution in [3.63, 3.8) is 0 Å². The Balaban J connectivity index is 1.57. The summed E-state index contributed by atoms with van der Waals surface area (Å²) in [6.07, 6.45) is 1.74. The van der Waals surface area contributed by atoms with Gasteiger partial charge in [-0.2, -0.15) is 0 Å². The van der Waals surface area contributed by atoms with E-state index in [4.69, 9.17) is 5.73 Å². The van der Waals surface area contributed by atoms with Crippen molar-refractivity contribution in [2.45, 2.75) is 19.4 Å². The average molecular weight is 344 g/mol. The van der Waals surface area contributed by atoms with Gasteiger partial charge in [-0.1, -0.05) is 30.3 Å². The first-order valence-electron chi connectivity index (χ1n) is 8.46. The number of nitrogens with zero attached hydrogens (tertiary/aromatic N) is 3. The van der Waals surface area contributed by atoms with Crippen LogP contribution in [-0.4, -0.2) is 53.4 Å². The van der Waals surface area contributed by atoms with E-state index in [0.29, 0.717) is 12.2 Å². The Morgan fingerprint density at radius 1 is 1.17 bits per heavy atom. The van der Waals surface area contributed by atoms with Crippen LogP contribution in [-0.2, 0) is 13.0 Å². The fourth-order valence-electron chi connectivity index (χ4n) is 2.98. The molecule has 5 nitrogen and oxygen atoms in total. The van der Waals surface area contributed by atoms with Crippen LogP contribution in [0.2, 0.25) is 0 Å². The number of nitrogens with two attached hydrogens (primary N) is 1. The van der Waals surface area contributed by atoms with Crippen molar-refractivity contribution in [1.82, 2.24) is 14.8 Å². The highest BCUT2D eigenvalue weighted by molar-refractivity contribution is 7.09. The number of amides is 1. The Labute approximate surface area is 147 Å². The SMILES string of the molecule is NCCc1nc(C(=O)N2CCCN(Cc3ccccc3)CC2)cs1. The predicted octanol–water partition coefficient (Wildman–Crippen LogP) is 1.99. The van der Waals surface area contributed by atoms with Crippen molar-refractivity contribution in [2.24, 2.45) is 5.73 Å². The second-order valence-corrected chi connectivity index (χ2v) is 7.02. The molecule has 1 amide bonds. The second-order valence-electron chi connectivity index (χ2n) is 6.07. The lowest BCUT2D eigenvalue weighted by Crippen LogP contribution is -2.35. The summed E-state index contributed by atoms with van der Waals surface area (Å²) in [5, 5.41) is 2.81. The fourth-order valence-corrected chi connectivity index (χ4v) is 3.77. The normalized spacial score (nSPS) is 16.1. The molecule has 0 unspecified atom stereocenters. The van der Waals surface area contributed by atoms with Crippen LogP contribution in [0.15, 0.2) is 35.7 Å². The molecule has 1 aromatic heterocycles. The van der Waals surface area contributed by atoms with Crippen molar-refractivity contribution in [3.05, 3.63) is 52.0 Å². The number of carbonyl (C=O) groups excluding carboxylic acids is 1. The maximum absolute atomic E-state index is 12.7. The van der Waals surface area contributed by atoms with E-state index in [2.05, 4.69) is 34.1 Å². The quantitative estimate of drug-likeness (QED) is 0.901. The Morgan fingerprint density at radius 3 is 2.79 bits per heavy atom. The number of rotatable bonds is 5. The third kappa shape index (κ3) is 4.41. The standard InChI is InChI=1S/C18H24N4OS/c19-8-7-17-20-16(14-24-17)18(23)22-10-4-9-21(11-12-22)13-15-5-2-1-3-6-15/h1-3,5-6,14H,4,7-13,19H2. The van der Waals surface area contributed by atoms with E-state index < -0.39 is 0 Å². The van der Waals surface area contributed by atoms with Crippen LogP contribution in [0.4, 0.5) is 0 Å². The van der Waals surface area contributed by atoms with Crippen LogP contribution in [0, 0.1) is 0 Å². The summed E-state index contributed by atoms with van der Waals surface area (Å²) >= 11 is 1.52. The monoisotopic (exact) mass is 344 g/mol. The van der Waals surface area contributed by atoms with E-state index in [1.165, 1.54) is 16.9 Å². The molecule has 2 N–H and O–H groups in total. The van der Waals surface area contributed by atoms with Gasteiger partial charge in [0.25, 0.3) is 5.91 Å². The van der Waals surface area contributed by atoms with Gasteiger partial charge in [0.2, 0.25) is 0 Å². The van der Waals surface area contributed by atoms with Gasteiger partial charge in [-0.25, -0.2) is 4.98 Å². The molecule has 1 saturated heterocycles. The summed E-state index contributed by atoms with van der Waals surface area (Å²) in [5.74, 6) is 0.0519. The molecule has 0 bridgehead atoms. The summed E-state index contributed by atoms with van der Waals surface area (Å²) in [6, 6.07) is 10.5. The average Bonchev–Trinajstić information content (AvgIpc) is 2.94. The minimum Gasteiger partial charge on any atom is -0.336 e. The van der Waals surface area contributed by atoms with E-state index in [1.54, 1.807) is 0 Å². The summed E-state index contributed by atoms with van der Waals surface area (Å²) in [7, 11) is 0. The molecule has 0 aliphatic carbocycles. The molecular weight excluding hydrogens is 320 g/mol. The molecular formula is C18H24N4OS. The predicted molar refractivity (Wildman–Crippen MR) is 97.1 cm³/mol. The van der Waals surface area contributed by atoms with E-state index in [1.807, 2.05) is 16.3 Å². The molecule has 128 valence electrons. The van der Waals surface area contributed by atoms with Crippen LogP contribution in [0.3, 0.4) is 0 Å². The van der Waals surface area contributed by atoms with Gasteiger partial charge >= 0.3 is 0 Å². The van der Waals surface area contributed by atoms with Gasteiger partial charge < -0.3 is 10.6 Å². The van der Waals surface area contributed by atoms with E-state index in [9.17, 15) is 4.79 Å². The first-order chi connectivity index (χ1) is 11.8. The highest BCUT2D eigenvalue weighted by Gasteiger charge is 2.22. The molecule has 1 aromatic carbocycles. The van der Waals surface area contributed by atoms with E-state index >= 15 is 0 Å². The van der Waals surface area contributed by atoms with Gasteiger partial charge in [0.15, 0.2) is 0 Å². The largest absolute Gasteiger partial charge is 0.336 e. The van der Waals surface area contributed by atoms with Gasteiger partial charge in [0.1, 0.15) is 5.69 Å². The Bertz CT molecular complexity index is 658. The van der Waals surface area contributed by atoms with E-state index in [-0.39, 0.29) is 5.91 Å². The number of carbonyl (C=O) groups is 1. The minimum atomic E-state index is 0.0519. The van der Waals surface area contributed by atoms with Crippen LogP contribution in [0.5, 0.6) is 0 Å². The van der Waals surface area contributed by atoms with Gasteiger partial charge in [-0.15, -0.1) is 11.3 Å². The zero-order valence-corrected chi connectivity index (χ0v) is 14.7. The smallest absolute Gasteiger partial charge is 0.273 e. The lowest BCUT2D eigenvalue weighted by atomic mass is 10.2. The van der Waals surface area contributed by atoms with Crippen LogP contribution in [0.25, 0.3) is 0 Å². The molecule has 24 heavy (non-hydrogen) atoms. The number of benzene rings is 1. The molecule has 2 aromatic rings. The van der Waals surface area contributed by atoms with Crippen molar-refractivity contribution >= 4 is 17.2 Å². The lowest BCUT2D eigenvalue weighted by molar-refractivity contribution is 0.0756. The summed E-state index contributed by atoms with van der Waals surface area (Å²) in [6.45, 7) is 5.00. The topological polar surface area (TPSA) is 62.5 Å². The molecule has 1 aliphatic rings. The molecule has 2 heterocycles. The number of thiazole rings is 1. The molecule has 0 atom stereocenters. The van der Waals surface area contributed by atoms with E-state index in [0.717, 1.165) is 50.6 Å². The van der Waals surface area contributed by atoms with Crippen molar-refractivity contribution < 1.29 is 4.79 Å². The van der Waals surface area contributed by atoms with Crippen LogP contribution >= 0.6 is 11.3 Å². The zero-order valence-electron chi connectivity index (χ0n) is 13.9. The lowest BCUT2D eigenvalue weighted by Gasteiger charge is -2.21. The maximum Gasteiger partial charge on any atom is 0.273 e. The molecule has 0 radical (unpaired) electrons. The molecule has 6 heteroatoms. The minimum absolute atomic E-state index is 0.0519. The summed E-state index contributed by atoms with van der Waals surface area (Å²) in [4.78, 5) is 21.4. The van der Waals surface area contributed by atoms with Gasteiger partial charge in [-0.3, -0.25) is 9.69 Å². The fraction of sp³-hybridized carbons (Fsp3) is 0.444. The first kappa shape index (κ1) is 17.1. The maximum atomic E-state index is 12.7. The zero-order chi connectivity index (χ0) is 16.8. The highest BCUT2D eigenvalue weighted by atomic mass is 32.1. The molecule has 0 spiro atoms. The second kappa shape index (κ2) is 8.37. The number of aromatic nitrogens is 1. The van der Waals surface area contributed by atoms with Crippen molar-refractivity contribution in [3.8, 4) is 0 Å². The number of hydrogen-bond acceptors (Lipinski definition) is 5. The summed E-state index contributed by atoms with van der Waals surface area (Å²) in [5.41, 5.74) is 7.45. The first-order valence-corrected chi connectivity index (χ1v) is 9.34. The Kier molecular flexibility index (Phi) is 5.96.